The molecule has 154 valence electrons. The molecule has 0 bridgehead atoms. The minimum absolute atomic E-state index is 0.0755. The fraction of sp³-hybridized carbons (Fsp3) is 0.273. The van der Waals surface area contributed by atoms with Gasteiger partial charge in [0.1, 0.15) is 10.6 Å². The summed E-state index contributed by atoms with van der Waals surface area (Å²) in [6.07, 6.45) is 0. The third-order valence-electron chi connectivity index (χ3n) is 4.77. The van der Waals surface area contributed by atoms with E-state index in [2.05, 4.69) is 0 Å². The van der Waals surface area contributed by atoms with Crippen LogP contribution in [0.25, 0.3) is 10.8 Å². The first-order chi connectivity index (χ1) is 13.8. The Bertz CT molecular complexity index is 1090. The Balaban J connectivity index is 2.06. The highest BCUT2D eigenvalue weighted by atomic mass is 35.5. The third kappa shape index (κ3) is 4.90. The van der Waals surface area contributed by atoms with Gasteiger partial charge in [0.25, 0.3) is 0 Å². The van der Waals surface area contributed by atoms with Gasteiger partial charge in [-0.15, -0.1) is 0 Å². The quantitative estimate of drug-likeness (QED) is 0.533. The monoisotopic (exact) mass is 432 g/mol. The van der Waals surface area contributed by atoms with Crippen molar-refractivity contribution in [2.24, 2.45) is 0 Å². The number of likely N-dealkylation sites (N-methyl/N-ethyl adjacent to an activating group) is 1. The van der Waals surface area contributed by atoms with Crippen LogP contribution in [-0.2, 0) is 16.6 Å². The van der Waals surface area contributed by atoms with Gasteiger partial charge in [0, 0.05) is 24.7 Å². The number of rotatable bonds is 8. The van der Waals surface area contributed by atoms with Gasteiger partial charge < -0.3 is 9.64 Å². The van der Waals surface area contributed by atoms with Gasteiger partial charge in [-0.1, -0.05) is 54.1 Å². The molecular formula is C22H25ClN2O3S. The molecule has 0 heterocycles. The molecule has 0 aliphatic rings. The van der Waals surface area contributed by atoms with Gasteiger partial charge in [0.15, 0.2) is 0 Å². The van der Waals surface area contributed by atoms with Crippen LogP contribution in [0, 0.1) is 0 Å². The Morgan fingerprint density at radius 1 is 0.966 bits per heavy atom. The lowest BCUT2D eigenvalue weighted by Crippen LogP contribution is -2.36. The van der Waals surface area contributed by atoms with Crippen molar-refractivity contribution in [1.82, 2.24) is 9.21 Å². The first-order valence-corrected chi connectivity index (χ1v) is 11.1. The Labute approximate surface area is 177 Å². The Morgan fingerprint density at radius 3 is 2.41 bits per heavy atom. The van der Waals surface area contributed by atoms with Crippen molar-refractivity contribution in [3.63, 3.8) is 0 Å². The molecule has 0 atom stereocenters. The zero-order valence-corrected chi connectivity index (χ0v) is 18.4. The summed E-state index contributed by atoms with van der Waals surface area (Å²) in [5.74, 6) is 0.280. The van der Waals surface area contributed by atoms with E-state index in [1.165, 1.54) is 17.5 Å². The van der Waals surface area contributed by atoms with Crippen molar-refractivity contribution in [2.45, 2.75) is 11.4 Å². The Kier molecular flexibility index (Phi) is 6.80. The van der Waals surface area contributed by atoms with E-state index in [-0.39, 0.29) is 17.2 Å². The lowest BCUT2D eigenvalue weighted by atomic mass is 10.0. The van der Waals surface area contributed by atoms with E-state index in [0.717, 1.165) is 16.3 Å². The number of hydrogen-bond acceptors (Lipinski definition) is 4. The first kappa shape index (κ1) is 21.6. The van der Waals surface area contributed by atoms with Crippen LogP contribution in [0.1, 0.15) is 5.56 Å². The molecule has 5 nitrogen and oxygen atoms in total. The summed E-state index contributed by atoms with van der Waals surface area (Å²) in [5.41, 5.74) is 0.950. The number of hydrogen-bond donors (Lipinski definition) is 0. The lowest BCUT2D eigenvalue weighted by Gasteiger charge is -2.25. The molecule has 3 aromatic rings. The topological polar surface area (TPSA) is 49.9 Å². The van der Waals surface area contributed by atoms with E-state index in [1.54, 1.807) is 12.1 Å². The first-order valence-electron chi connectivity index (χ1n) is 9.28. The zero-order chi connectivity index (χ0) is 21.0. The standard InChI is InChI=1S/C22H25ClN2O3S/c1-24(2)13-14-25(16-18-9-6-8-17-7-4-5-10-20(17)18)29(26,27)22-15-19(23)11-12-21(22)28-3/h4-12,15H,13-14,16H2,1-3H3. The molecular weight excluding hydrogens is 408 g/mol. The highest BCUT2D eigenvalue weighted by molar-refractivity contribution is 7.89. The van der Waals surface area contributed by atoms with Crippen LogP contribution >= 0.6 is 11.6 Å². The summed E-state index contributed by atoms with van der Waals surface area (Å²) in [7, 11) is 1.46. The summed E-state index contributed by atoms with van der Waals surface area (Å²) in [4.78, 5) is 2.03. The van der Waals surface area contributed by atoms with E-state index in [9.17, 15) is 8.42 Å². The molecule has 0 aliphatic heterocycles. The Hall–Kier alpha value is -2.12. The Morgan fingerprint density at radius 2 is 1.69 bits per heavy atom. The molecule has 0 aromatic heterocycles. The molecule has 3 rings (SSSR count). The van der Waals surface area contributed by atoms with Crippen LogP contribution in [0.5, 0.6) is 5.75 Å². The molecule has 0 fully saturated rings. The van der Waals surface area contributed by atoms with Crippen LogP contribution < -0.4 is 4.74 Å². The van der Waals surface area contributed by atoms with E-state index in [4.69, 9.17) is 16.3 Å². The summed E-state index contributed by atoms with van der Waals surface area (Å²) in [6, 6.07) is 18.6. The number of fused-ring (bicyclic) bond motifs is 1. The maximum absolute atomic E-state index is 13.6. The molecule has 0 N–H and O–H groups in total. The maximum Gasteiger partial charge on any atom is 0.247 e. The second kappa shape index (κ2) is 9.13. The number of methoxy groups -OCH3 is 1. The molecule has 29 heavy (non-hydrogen) atoms. The van der Waals surface area contributed by atoms with Crippen molar-refractivity contribution in [2.75, 3.05) is 34.3 Å². The predicted molar refractivity (Wildman–Crippen MR) is 118 cm³/mol. The minimum atomic E-state index is -3.83. The van der Waals surface area contributed by atoms with Crippen LogP contribution in [0.4, 0.5) is 0 Å². The molecule has 0 spiro atoms. The highest BCUT2D eigenvalue weighted by Crippen LogP contribution is 2.31. The highest BCUT2D eigenvalue weighted by Gasteiger charge is 2.28. The molecule has 3 aromatic carbocycles. The molecule has 0 unspecified atom stereocenters. The zero-order valence-electron chi connectivity index (χ0n) is 16.8. The predicted octanol–water partition coefficient (Wildman–Crippen LogP) is 4.25. The molecule has 0 radical (unpaired) electrons. The summed E-state index contributed by atoms with van der Waals surface area (Å²) in [5, 5.41) is 2.47. The average molecular weight is 433 g/mol. The van der Waals surface area contributed by atoms with E-state index >= 15 is 0 Å². The van der Waals surface area contributed by atoms with Gasteiger partial charge in [0.05, 0.1) is 7.11 Å². The number of halogens is 1. The van der Waals surface area contributed by atoms with Crippen LogP contribution in [0.3, 0.4) is 0 Å². The van der Waals surface area contributed by atoms with Crippen LogP contribution in [0.2, 0.25) is 5.02 Å². The maximum atomic E-state index is 13.6. The number of nitrogens with zero attached hydrogens (tertiary/aromatic N) is 2. The number of benzene rings is 3. The van der Waals surface area contributed by atoms with Crippen LogP contribution in [-0.4, -0.2) is 51.9 Å². The summed E-state index contributed by atoms with van der Waals surface area (Å²) in [6.45, 7) is 1.19. The van der Waals surface area contributed by atoms with Gasteiger partial charge in [-0.2, -0.15) is 4.31 Å². The van der Waals surface area contributed by atoms with Crippen molar-refractivity contribution in [3.05, 3.63) is 71.2 Å². The molecule has 0 saturated heterocycles. The molecule has 0 amide bonds. The SMILES string of the molecule is COc1ccc(Cl)cc1S(=O)(=O)N(CCN(C)C)Cc1cccc2ccccc12. The number of ether oxygens (including phenoxy) is 1. The van der Waals surface area contributed by atoms with E-state index in [0.29, 0.717) is 18.1 Å². The van der Waals surface area contributed by atoms with Crippen molar-refractivity contribution < 1.29 is 13.2 Å². The third-order valence-corrected chi connectivity index (χ3v) is 6.87. The van der Waals surface area contributed by atoms with Gasteiger partial charge in [-0.05, 0) is 48.6 Å². The molecule has 7 heteroatoms. The normalized spacial score (nSPS) is 12.1. The largest absolute Gasteiger partial charge is 0.495 e. The van der Waals surface area contributed by atoms with Gasteiger partial charge in [0.2, 0.25) is 10.0 Å². The number of sulfonamides is 1. The van der Waals surface area contributed by atoms with E-state index < -0.39 is 10.0 Å². The summed E-state index contributed by atoms with van der Waals surface area (Å²) < 4.78 is 34.0. The smallest absolute Gasteiger partial charge is 0.247 e. The molecule has 0 saturated carbocycles. The fourth-order valence-corrected chi connectivity index (χ4v) is 5.03. The van der Waals surface area contributed by atoms with Crippen molar-refractivity contribution >= 4 is 32.4 Å². The second-order valence-electron chi connectivity index (χ2n) is 7.08. The van der Waals surface area contributed by atoms with Gasteiger partial charge >= 0.3 is 0 Å². The second-order valence-corrected chi connectivity index (χ2v) is 9.42. The van der Waals surface area contributed by atoms with Crippen molar-refractivity contribution in [3.8, 4) is 5.75 Å². The lowest BCUT2D eigenvalue weighted by molar-refractivity contribution is 0.328. The van der Waals surface area contributed by atoms with Gasteiger partial charge in [-0.3, -0.25) is 0 Å². The molecule has 0 aliphatic carbocycles. The van der Waals surface area contributed by atoms with E-state index in [1.807, 2.05) is 61.5 Å². The average Bonchev–Trinajstić information content (AvgIpc) is 2.70. The van der Waals surface area contributed by atoms with Crippen LogP contribution in [0.15, 0.2) is 65.6 Å². The fourth-order valence-electron chi connectivity index (χ4n) is 3.21. The van der Waals surface area contributed by atoms with Gasteiger partial charge in [-0.25, -0.2) is 8.42 Å². The summed E-state index contributed by atoms with van der Waals surface area (Å²) >= 11 is 6.10. The van der Waals surface area contributed by atoms with Crippen molar-refractivity contribution in [1.29, 1.82) is 0 Å². The minimum Gasteiger partial charge on any atom is -0.495 e.